The molecule has 0 radical (unpaired) electrons. The van der Waals surface area contributed by atoms with Gasteiger partial charge in [-0.05, 0) is 24.5 Å². The van der Waals surface area contributed by atoms with Crippen LogP contribution in [-0.2, 0) is 10.2 Å². The summed E-state index contributed by atoms with van der Waals surface area (Å²) in [5.41, 5.74) is 2.80. The maximum absolute atomic E-state index is 5.29. The normalized spacial score (nSPS) is 19.3. The number of benzene rings is 1. The molecule has 1 aliphatic rings. The summed E-state index contributed by atoms with van der Waals surface area (Å²) in [5, 5.41) is 3.58. The van der Waals surface area contributed by atoms with Crippen LogP contribution in [0.25, 0.3) is 0 Å². The number of aryl methyl sites for hydroxylation is 1. The van der Waals surface area contributed by atoms with Gasteiger partial charge >= 0.3 is 0 Å². The van der Waals surface area contributed by atoms with Crippen molar-refractivity contribution in [3.63, 3.8) is 0 Å². The van der Waals surface area contributed by atoms with Gasteiger partial charge in [0.15, 0.2) is 5.96 Å². The van der Waals surface area contributed by atoms with Gasteiger partial charge in [-0.1, -0.05) is 38.1 Å². The van der Waals surface area contributed by atoms with E-state index in [1.54, 1.807) is 7.11 Å². The number of hydrogen-bond donors (Lipinski definition) is 1. The molecule has 1 unspecified atom stereocenters. The molecule has 1 saturated heterocycles. The predicted molar refractivity (Wildman–Crippen MR) is 97.1 cm³/mol. The molecular weight excluding hydrogens is 286 g/mol. The van der Waals surface area contributed by atoms with E-state index in [0.29, 0.717) is 5.92 Å². The van der Waals surface area contributed by atoms with Crippen LogP contribution in [0.2, 0.25) is 0 Å². The highest BCUT2D eigenvalue weighted by molar-refractivity contribution is 5.80. The van der Waals surface area contributed by atoms with Crippen LogP contribution in [0.4, 0.5) is 0 Å². The molecule has 0 aliphatic carbocycles. The van der Waals surface area contributed by atoms with E-state index in [2.05, 4.69) is 60.2 Å². The summed E-state index contributed by atoms with van der Waals surface area (Å²) < 4.78 is 5.29. The molecule has 128 valence electrons. The first-order valence-corrected chi connectivity index (χ1v) is 8.48. The Morgan fingerprint density at radius 3 is 2.78 bits per heavy atom. The SMILES string of the molecule is CN=C(NCC(C)(C)c1ccccc1C)N1CCC(COC)C1. The smallest absolute Gasteiger partial charge is 0.193 e. The first-order valence-electron chi connectivity index (χ1n) is 8.48. The van der Waals surface area contributed by atoms with Gasteiger partial charge in [0.05, 0.1) is 6.61 Å². The molecule has 1 aromatic rings. The molecule has 4 heteroatoms. The van der Waals surface area contributed by atoms with Crippen molar-refractivity contribution < 1.29 is 4.74 Å². The summed E-state index contributed by atoms with van der Waals surface area (Å²) in [6.07, 6.45) is 1.18. The van der Waals surface area contributed by atoms with Crippen LogP contribution >= 0.6 is 0 Å². The predicted octanol–water partition coefficient (Wildman–Crippen LogP) is 2.82. The molecule has 2 rings (SSSR count). The van der Waals surface area contributed by atoms with Gasteiger partial charge < -0.3 is 15.0 Å². The quantitative estimate of drug-likeness (QED) is 0.670. The first-order chi connectivity index (χ1) is 11.0. The van der Waals surface area contributed by atoms with Gasteiger partial charge in [-0.25, -0.2) is 0 Å². The Morgan fingerprint density at radius 2 is 2.13 bits per heavy atom. The van der Waals surface area contributed by atoms with Crippen LogP contribution < -0.4 is 5.32 Å². The fraction of sp³-hybridized carbons (Fsp3) is 0.632. The number of likely N-dealkylation sites (tertiary alicyclic amines) is 1. The topological polar surface area (TPSA) is 36.9 Å². The third-order valence-corrected chi connectivity index (χ3v) is 4.76. The van der Waals surface area contributed by atoms with Gasteiger partial charge in [-0.15, -0.1) is 0 Å². The molecular formula is C19H31N3O. The number of nitrogens with one attached hydrogen (secondary N) is 1. The second kappa shape index (κ2) is 7.82. The number of aliphatic imine (C=N–C) groups is 1. The standard InChI is InChI=1S/C19H31N3O/c1-15-8-6-7-9-17(15)19(2,3)14-21-18(20-4)22-11-10-16(12-22)13-23-5/h6-9,16H,10-14H2,1-5H3,(H,20,21). The Labute approximate surface area is 140 Å². The molecule has 1 N–H and O–H groups in total. The van der Waals surface area contributed by atoms with E-state index in [1.807, 2.05) is 7.05 Å². The second-order valence-corrected chi connectivity index (χ2v) is 7.16. The van der Waals surface area contributed by atoms with E-state index in [0.717, 1.165) is 32.2 Å². The Hall–Kier alpha value is -1.55. The van der Waals surface area contributed by atoms with Crippen LogP contribution in [0.5, 0.6) is 0 Å². The fourth-order valence-corrected chi connectivity index (χ4v) is 3.46. The third-order valence-electron chi connectivity index (χ3n) is 4.76. The molecule has 4 nitrogen and oxygen atoms in total. The maximum Gasteiger partial charge on any atom is 0.193 e. The fourth-order valence-electron chi connectivity index (χ4n) is 3.46. The molecule has 0 amide bonds. The lowest BCUT2D eigenvalue weighted by Crippen LogP contribution is -2.45. The minimum Gasteiger partial charge on any atom is -0.384 e. The van der Waals surface area contributed by atoms with Crippen molar-refractivity contribution in [2.45, 2.75) is 32.6 Å². The van der Waals surface area contributed by atoms with Crippen LogP contribution in [-0.4, -0.2) is 51.3 Å². The Bertz CT molecular complexity index is 539. The van der Waals surface area contributed by atoms with E-state index >= 15 is 0 Å². The van der Waals surface area contributed by atoms with E-state index in [1.165, 1.54) is 17.5 Å². The monoisotopic (exact) mass is 317 g/mol. The van der Waals surface area contributed by atoms with Gasteiger partial charge in [0.1, 0.15) is 0 Å². The van der Waals surface area contributed by atoms with Crippen molar-refractivity contribution >= 4 is 5.96 Å². The minimum absolute atomic E-state index is 0.0624. The number of nitrogens with zero attached hydrogens (tertiary/aromatic N) is 2. The van der Waals surface area contributed by atoms with Crippen LogP contribution in [0.1, 0.15) is 31.4 Å². The summed E-state index contributed by atoms with van der Waals surface area (Å²) in [5.74, 6) is 1.62. The van der Waals surface area contributed by atoms with Crippen LogP contribution in [0.3, 0.4) is 0 Å². The highest BCUT2D eigenvalue weighted by Crippen LogP contribution is 2.25. The van der Waals surface area contributed by atoms with Crippen molar-refractivity contribution in [3.8, 4) is 0 Å². The molecule has 23 heavy (non-hydrogen) atoms. The number of methoxy groups -OCH3 is 1. The second-order valence-electron chi connectivity index (χ2n) is 7.16. The maximum atomic E-state index is 5.29. The molecule has 0 aromatic heterocycles. The number of rotatable bonds is 5. The number of ether oxygens (including phenoxy) is 1. The lowest BCUT2D eigenvalue weighted by atomic mass is 9.82. The minimum atomic E-state index is 0.0624. The lowest BCUT2D eigenvalue weighted by molar-refractivity contribution is 0.157. The van der Waals surface area contributed by atoms with Crippen molar-refractivity contribution in [2.75, 3.05) is 40.4 Å². The molecule has 1 fully saturated rings. The summed E-state index contributed by atoms with van der Waals surface area (Å²) in [7, 11) is 3.65. The van der Waals surface area contributed by atoms with Gasteiger partial charge in [0, 0.05) is 45.1 Å². The van der Waals surface area contributed by atoms with Crippen molar-refractivity contribution in [1.29, 1.82) is 0 Å². The molecule has 1 atom stereocenters. The number of guanidine groups is 1. The zero-order chi connectivity index (χ0) is 16.9. The Kier molecular flexibility index (Phi) is 6.05. The molecule has 0 bridgehead atoms. The number of hydrogen-bond acceptors (Lipinski definition) is 2. The van der Waals surface area contributed by atoms with E-state index in [9.17, 15) is 0 Å². The average Bonchev–Trinajstić information content (AvgIpc) is 2.97. The average molecular weight is 317 g/mol. The summed E-state index contributed by atoms with van der Waals surface area (Å²) >= 11 is 0. The van der Waals surface area contributed by atoms with Crippen molar-refractivity contribution in [3.05, 3.63) is 35.4 Å². The van der Waals surface area contributed by atoms with Crippen LogP contribution in [0, 0.1) is 12.8 Å². The Morgan fingerprint density at radius 1 is 1.39 bits per heavy atom. The van der Waals surface area contributed by atoms with Gasteiger partial charge in [-0.2, -0.15) is 0 Å². The Balaban J connectivity index is 1.97. The molecule has 1 aromatic carbocycles. The molecule has 1 heterocycles. The van der Waals surface area contributed by atoms with Gasteiger partial charge in [0.2, 0.25) is 0 Å². The van der Waals surface area contributed by atoms with Crippen molar-refractivity contribution in [1.82, 2.24) is 10.2 Å². The molecule has 0 spiro atoms. The van der Waals surface area contributed by atoms with Gasteiger partial charge in [-0.3, -0.25) is 4.99 Å². The highest BCUT2D eigenvalue weighted by Gasteiger charge is 2.27. The van der Waals surface area contributed by atoms with E-state index in [-0.39, 0.29) is 5.41 Å². The van der Waals surface area contributed by atoms with E-state index < -0.39 is 0 Å². The zero-order valence-electron chi connectivity index (χ0n) is 15.2. The third kappa shape index (κ3) is 4.47. The summed E-state index contributed by atoms with van der Waals surface area (Å²) in [6.45, 7) is 10.5. The summed E-state index contributed by atoms with van der Waals surface area (Å²) in [4.78, 5) is 6.82. The lowest BCUT2D eigenvalue weighted by Gasteiger charge is -2.30. The van der Waals surface area contributed by atoms with Crippen LogP contribution in [0.15, 0.2) is 29.3 Å². The molecule has 0 saturated carbocycles. The first kappa shape index (κ1) is 17.8. The summed E-state index contributed by atoms with van der Waals surface area (Å²) in [6, 6.07) is 8.63. The largest absolute Gasteiger partial charge is 0.384 e. The van der Waals surface area contributed by atoms with Gasteiger partial charge in [0.25, 0.3) is 0 Å². The van der Waals surface area contributed by atoms with Crippen molar-refractivity contribution in [2.24, 2.45) is 10.9 Å². The molecule has 1 aliphatic heterocycles. The highest BCUT2D eigenvalue weighted by atomic mass is 16.5. The van der Waals surface area contributed by atoms with E-state index in [4.69, 9.17) is 4.74 Å². The zero-order valence-corrected chi connectivity index (χ0v) is 15.2.